The Morgan fingerprint density at radius 3 is 2.81 bits per heavy atom. The third kappa shape index (κ3) is 3.09. The molecule has 2 aromatic rings. The molecule has 2 fully saturated rings. The molecule has 0 aliphatic carbocycles. The van der Waals surface area contributed by atoms with E-state index < -0.39 is 12.0 Å². The summed E-state index contributed by atoms with van der Waals surface area (Å²) in [6, 6.07) is 0. The van der Waals surface area contributed by atoms with Crippen LogP contribution in [0.2, 0.25) is 0 Å². The molecule has 0 bridgehead atoms. The maximum atomic E-state index is 13.3. The zero-order valence-corrected chi connectivity index (χ0v) is 14.4. The van der Waals surface area contributed by atoms with Gasteiger partial charge in [0.15, 0.2) is 11.8 Å². The highest BCUT2D eigenvalue weighted by atomic mass is 19.3. The zero-order valence-electron chi connectivity index (χ0n) is 14.4. The Bertz CT molecular complexity index is 816. The van der Waals surface area contributed by atoms with Crippen LogP contribution in [0.1, 0.15) is 12.8 Å². The van der Waals surface area contributed by atoms with E-state index in [2.05, 4.69) is 15.1 Å². The fourth-order valence-electron chi connectivity index (χ4n) is 3.45. The van der Waals surface area contributed by atoms with Crippen molar-refractivity contribution in [3.63, 3.8) is 0 Å². The molecule has 0 aromatic carbocycles. The van der Waals surface area contributed by atoms with Crippen LogP contribution in [-0.2, 0) is 16.6 Å². The molecular formula is C16H20F2N6O2. The van der Waals surface area contributed by atoms with Crippen molar-refractivity contribution in [1.82, 2.24) is 24.6 Å². The van der Waals surface area contributed by atoms with Crippen LogP contribution in [0, 0.1) is 0 Å². The summed E-state index contributed by atoms with van der Waals surface area (Å²) < 4.78 is 33.9. The van der Waals surface area contributed by atoms with Gasteiger partial charge in [0.05, 0.1) is 24.7 Å². The van der Waals surface area contributed by atoms with Crippen molar-refractivity contribution in [2.24, 2.45) is 7.05 Å². The van der Waals surface area contributed by atoms with Gasteiger partial charge in [-0.3, -0.25) is 9.48 Å². The number of nitrogens with zero attached hydrogens (tertiary/aromatic N) is 6. The third-order valence-electron chi connectivity index (χ3n) is 4.96. The number of piperidine rings is 1. The number of hydrogen-bond donors (Lipinski definition) is 0. The monoisotopic (exact) mass is 366 g/mol. The van der Waals surface area contributed by atoms with Crippen LogP contribution >= 0.6 is 0 Å². The van der Waals surface area contributed by atoms with Gasteiger partial charge >= 0.3 is 0 Å². The number of carbonyl (C=O) groups is 1. The number of likely N-dealkylation sites (tertiary alicyclic amines) is 1. The summed E-state index contributed by atoms with van der Waals surface area (Å²) in [5.74, 6) is -2.21. The zero-order chi connectivity index (χ0) is 18.3. The number of hydrogen-bond acceptors (Lipinski definition) is 6. The van der Waals surface area contributed by atoms with E-state index in [0.29, 0.717) is 31.2 Å². The van der Waals surface area contributed by atoms with Gasteiger partial charge in [0, 0.05) is 39.5 Å². The Morgan fingerprint density at radius 1 is 1.27 bits per heavy atom. The second-order valence-corrected chi connectivity index (χ2v) is 6.69. The molecule has 0 N–H and O–H groups in total. The summed E-state index contributed by atoms with van der Waals surface area (Å²) in [7, 11) is 1.80. The first kappa shape index (κ1) is 17.1. The average Bonchev–Trinajstić information content (AvgIpc) is 3.03. The Hall–Kier alpha value is -2.36. The molecule has 4 rings (SSSR count). The first-order valence-corrected chi connectivity index (χ1v) is 8.60. The molecule has 2 aliphatic rings. The second-order valence-electron chi connectivity index (χ2n) is 6.69. The van der Waals surface area contributed by atoms with E-state index >= 15 is 0 Å². The van der Waals surface area contributed by atoms with E-state index in [-0.39, 0.29) is 31.8 Å². The van der Waals surface area contributed by atoms with Crippen LogP contribution in [0.4, 0.5) is 14.6 Å². The summed E-state index contributed by atoms with van der Waals surface area (Å²) in [6.45, 7) is 1.40. The van der Waals surface area contributed by atoms with Crippen molar-refractivity contribution < 1.29 is 18.3 Å². The Kier molecular flexibility index (Phi) is 4.22. The van der Waals surface area contributed by atoms with Crippen LogP contribution in [0.5, 0.6) is 0 Å². The largest absolute Gasteiger partial charge is 0.365 e. The van der Waals surface area contributed by atoms with E-state index in [0.717, 1.165) is 5.39 Å². The minimum absolute atomic E-state index is 0.0616. The predicted molar refractivity (Wildman–Crippen MR) is 89.0 cm³/mol. The highest BCUT2D eigenvalue weighted by Gasteiger charge is 2.38. The summed E-state index contributed by atoms with van der Waals surface area (Å²) in [4.78, 5) is 24.7. The predicted octanol–water partition coefficient (Wildman–Crippen LogP) is 0.826. The van der Waals surface area contributed by atoms with Gasteiger partial charge in [0.1, 0.15) is 12.1 Å². The number of anilines is 1. The normalized spacial score (nSPS) is 23.4. The van der Waals surface area contributed by atoms with Gasteiger partial charge in [-0.05, 0) is 0 Å². The summed E-state index contributed by atoms with van der Waals surface area (Å²) >= 11 is 0. The molecule has 0 spiro atoms. The molecule has 1 amide bonds. The molecule has 1 unspecified atom stereocenters. The first-order chi connectivity index (χ1) is 12.4. The van der Waals surface area contributed by atoms with Gasteiger partial charge in [-0.25, -0.2) is 18.7 Å². The minimum Gasteiger partial charge on any atom is -0.365 e. The Balaban J connectivity index is 1.50. The smallest absolute Gasteiger partial charge is 0.253 e. The number of halogens is 2. The number of ether oxygens (including phenoxy) is 1. The molecule has 26 heavy (non-hydrogen) atoms. The molecule has 0 radical (unpaired) electrons. The third-order valence-corrected chi connectivity index (χ3v) is 4.96. The fraction of sp³-hybridized carbons (Fsp3) is 0.625. The number of aryl methyl sites for hydroxylation is 1. The lowest BCUT2D eigenvalue weighted by molar-refractivity contribution is -0.150. The molecule has 2 aromatic heterocycles. The van der Waals surface area contributed by atoms with Crippen molar-refractivity contribution in [3.8, 4) is 0 Å². The number of amides is 1. The topological polar surface area (TPSA) is 76.4 Å². The molecule has 4 heterocycles. The van der Waals surface area contributed by atoms with Gasteiger partial charge in [-0.2, -0.15) is 5.10 Å². The first-order valence-electron chi connectivity index (χ1n) is 8.60. The molecule has 140 valence electrons. The second kappa shape index (κ2) is 6.42. The van der Waals surface area contributed by atoms with Crippen LogP contribution in [0.3, 0.4) is 0 Å². The molecule has 10 heteroatoms. The maximum absolute atomic E-state index is 13.3. The van der Waals surface area contributed by atoms with E-state index in [1.807, 2.05) is 4.90 Å². The SMILES string of the molecule is Cn1ncc2c(N3CCOC(C(=O)N4CCC(F)(F)CC4)C3)ncnc21. The van der Waals surface area contributed by atoms with Crippen LogP contribution in [0.15, 0.2) is 12.5 Å². The molecule has 0 saturated carbocycles. The van der Waals surface area contributed by atoms with E-state index in [4.69, 9.17) is 4.74 Å². The van der Waals surface area contributed by atoms with Gasteiger partial charge in [-0.1, -0.05) is 0 Å². The number of carbonyl (C=O) groups excluding carboxylic acids is 1. The summed E-state index contributed by atoms with van der Waals surface area (Å²) in [5.41, 5.74) is 0.711. The summed E-state index contributed by atoms with van der Waals surface area (Å²) in [6.07, 6.45) is 1.90. The minimum atomic E-state index is -2.68. The van der Waals surface area contributed by atoms with Crippen molar-refractivity contribution in [2.75, 3.05) is 37.7 Å². The van der Waals surface area contributed by atoms with Gasteiger partial charge in [0.2, 0.25) is 0 Å². The van der Waals surface area contributed by atoms with Crippen LogP contribution in [0.25, 0.3) is 11.0 Å². The lowest BCUT2D eigenvalue weighted by Gasteiger charge is -2.38. The highest BCUT2D eigenvalue weighted by molar-refractivity contribution is 5.87. The Morgan fingerprint density at radius 2 is 2.04 bits per heavy atom. The van der Waals surface area contributed by atoms with Gasteiger partial charge < -0.3 is 14.5 Å². The van der Waals surface area contributed by atoms with Crippen LogP contribution in [-0.4, -0.2) is 75.4 Å². The van der Waals surface area contributed by atoms with E-state index in [1.165, 1.54) is 11.2 Å². The Labute approximate surface area is 148 Å². The average molecular weight is 366 g/mol. The number of alkyl halides is 2. The number of fused-ring (bicyclic) bond motifs is 1. The number of morpholine rings is 1. The quantitative estimate of drug-likeness (QED) is 0.784. The van der Waals surface area contributed by atoms with E-state index in [9.17, 15) is 13.6 Å². The van der Waals surface area contributed by atoms with Crippen molar-refractivity contribution in [2.45, 2.75) is 24.9 Å². The molecule has 2 aliphatic heterocycles. The van der Waals surface area contributed by atoms with Crippen molar-refractivity contribution in [1.29, 1.82) is 0 Å². The standard InChI is InChI=1S/C16H20F2N6O2/c1-22-13-11(8-21-22)14(20-10-19-13)24-6-7-26-12(9-24)15(25)23-4-2-16(17,18)3-5-23/h8,10,12H,2-7,9H2,1H3. The highest BCUT2D eigenvalue weighted by Crippen LogP contribution is 2.29. The molecule has 1 atom stereocenters. The van der Waals surface area contributed by atoms with E-state index in [1.54, 1.807) is 17.9 Å². The molecule has 8 nitrogen and oxygen atoms in total. The molecular weight excluding hydrogens is 346 g/mol. The van der Waals surface area contributed by atoms with Gasteiger partial charge in [0.25, 0.3) is 11.8 Å². The molecule has 2 saturated heterocycles. The number of aromatic nitrogens is 4. The fourth-order valence-corrected chi connectivity index (χ4v) is 3.45. The van der Waals surface area contributed by atoms with Crippen LogP contribution < -0.4 is 4.90 Å². The summed E-state index contributed by atoms with van der Waals surface area (Å²) in [5, 5.41) is 5.01. The lowest BCUT2D eigenvalue weighted by atomic mass is 10.1. The van der Waals surface area contributed by atoms with Gasteiger partial charge in [-0.15, -0.1) is 0 Å². The maximum Gasteiger partial charge on any atom is 0.253 e. The van der Waals surface area contributed by atoms with Crippen molar-refractivity contribution in [3.05, 3.63) is 12.5 Å². The lowest BCUT2D eigenvalue weighted by Crippen LogP contribution is -2.53. The number of rotatable bonds is 2. The van der Waals surface area contributed by atoms with Crippen molar-refractivity contribution >= 4 is 22.8 Å².